The number of hydrogen-bond donors (Lipinski definition) is 0. The average molecular weight is 370 g/mol. The number of aryl methyl sites for hydroxylation is 2. The van der Waals surface area contributed by atoms with Crippen molar-refractivity contribution in [3.63, 3.8) is 0 Å². The van der Waals surface area contributed by atoms with Gasteiger partial charge in [0.05, 0.1) is 0 Å². The van der Waals surface area contributed by atoms with Crippen LogP contribution < -0.4 is 4.74 Å². The van der Waals surface area contributed by atoms with Crippen molar-refractivity contribution in [2.75, 3.05) is 0 Å². The molecule has 0 N–H and O–H groups in total. The first-order chi connectivity index (χ1) is 13.5. The Morgan fingerprint density at radius 1 is 0.964 bits per heavy atom. The van der Waals surface area contributed by atoms with E-state index in [1.807, 2.05) is 59.9 Å². The summed E-state index contributed by atoms with van der Waals surface area (Å²) in [5, 5.41) is 0. The summed E-state index contributed by atoms with van der Waals surface area (Å²) < 4.78 is 7.65. The molecule has 0 aliphatic heterocycles. The summed E-state index contributed by atoms with van der Waals surface area (Å²) in [5.74, 6) is 0.114. The molecule has 0 saturated carbocycles. The maximum atomic E-state index is 11.9. The van der Waals surface area contributed by atoms with Crippen LogP contribution >= 0.6 is 0 Å². The molecule has 0 radical (unpaired) electrons. The predicted molar refractivity (Wildman–Crippen MR) is 111 cm³/mol. The number of carbonyl (C=O) groups is 1. The highest BCUT2D eigenvalue weighted by atomic mass is 16.5. The van der Waals surface area contributed by atoms with E-state index in [1.54, 1.807) is 0 Å². The van der Waals surface area contributed by atoms with Crippen LogP contribution in [-0.2, 0) is 11.2 Å². The third kappa shape index (κ3) is 3.41. The molecule has 0 atom stereocenters. The van der Waals surface area contributed by atoms with Crippen molar-refractivity contribution >= 4 is 11.6 Å². The van der Waals surface area contributed by atoms with Crippen molar-refractivity contribution < 1.29 is 9.53 Å². The molecule has 28 heavy (non-hydrogen) atoms. The topological polar surface area (TPSA) is 43.6 Å². The Morgan fingerprint density at radius 3 is 2.36 bits per heavy atom. The minimum absolute atomic E-state index is 0.359. The summed E-state index contributed by atoms with van der Waals surface area (Å²) in [6, 6.07) is 22.4. The Morgan fingerprint density at radius 2 is 1.68 bits per heavy atom. The smallest absolute Gasteiger partial charge is 0.309 e. The monoisotopic (exact) mass is 370 g/mol. The highest BCUT2D eigenvalue weighted by Gasteiger charge is 2.20. The number of nitrogens with zero attached hydrogens (tertiary/aromatic N) is 2. The molecule has 140 valence electrons. The maximum absolute atomic E-state index is 11.9. The summed E-state index contributed by atoms with van der Waals surface area (Å²) >= 11 is 0. The minimum Gasteiger partial charge on any atom is -0.407 e. The third-order valence-corrected chi connectivity index (χ3v) is 4.85. The fourth-order valence-electron chi connectivity index (χ4n) is 3.40. The minimum atomic E-state index is -0.359. The lowest BCUT2D eigenvalue weighted by Crippen LogP contribution is -2.08. The standard InChI is InChI=1S/C24H22N2O2/c1-16-9-12-20(13-10-16)23-24(28-18(3)27)26-21(15-19-7-5-4-6-8-19)17(2)11-14-22(26)25-23/h4-14H,15H2,1-3H3. The lowest BCUT2D eigenvalue weighted by atomic mass is 10.1. The number of fused-ring (bicyclic) bond motifs is 1. The van der Waals surface area contributed by atoms with Crippen molar-refractivity contribution in [2.24, 2.45) is 0 Å². The molecule has 4 rings (SSSR count). The van der Waals surface area contributed by atoms with Gasteiger partial charge in [0.25, 0.3) is 0 Å². The number of pyridine rings is 1. The van der Waals surface area contributed by atoms with Crippen molar-refractivity contribution in [3.8, 4) is 17.1 Å². The van der Waals surface area contributed by atoms with Gasteiger partial charge in [0.1, 0.15) is 11.3 Å². The van der Waals surface area contributed by atoms with Crippen LogP contribution in [0.25, 0.3) is 16.9 Å². The molecule has 2 heterocycles. The summed E-state index contributed by atoms with van der Waals surface area (Å²) in [5.41, 5.74) is 6.91. The normalized spacial score (nSPS) is 11.0. The molecule has 2 aromatic carbocycles. The number of esters is 1. The summed E-state index contributed by atoms with van der Waals surface area (Å²) in [6.07, 6.45) is 0.724. The number of aromatic nitrogens is 2. The zero-order chi connectivity index (χ0) is 19.7. The van der Waals surface area contributed by atoms with E-state index in [4.69, 9.17) is 9.72 Å². The van der Waals surface area contributed by atoms with E-state index in [0.29, 0.717) is 11.6 Å². The molecule has 0 aliphatic rings. The summed E-state index contributed by atoms with van der Waals surface area (Å²) in [6.45, 7) is 5.54. The van der Waals surface area contributed by atoms with E-state index in [9.17, 15) is 4.79 Å². The summed E-state index contributed by atoms with van der Waals surface area (Å²) in [4.78, 5) is 16.7. The van der Waals surface area contributed by atoms with Crippen LogP contribution in [0.5, 0.6) is 5.88 Å². The van der Waals surface area contributed by atoms with Crippen LogP contribution in [0.3, 0.4) is 0 Å². The zero-order valence-electron chi connectivity index (χ0n) is 16.3. The Bertz CT molecular complexity index is 1140. The Hall–Kier alpha value is -3.40. The second-order valence-corrected chi connectivity index (χ2v) is 7.04. The molecule has 0 saturated heterocycles. The van der Waals surface area contributed by atoms with Gasteiger partial charge in [0.2, 0.25) is 5.88 Å². The molecule has 0 fully saturated rings. The van der Waals surface area contributed by atoms with Crippen LogP contribution in [0.2, 0.25) is 0 Å². The average Bonchev–Trinajstić information content (AvgIpc) is 3.03. The van der Waals surface area contributed by atoms with Gasteiger partial charge in [-0.3, -0.25) is 9.20 Å². The fraction of sp³-hybridized carbons (Fsp3) is 0.167. The Balaban J connectivity index is 1.95. The number of benzene rings is 2. The van der Waals surface area contributed by atoms with Crippen molar-refractivity contribution in [3.05, 3.63) is 89.1 Å². The molecule has 4 nitrogen and oxygen atoms in total. The number of hydrogen-bond acceptors (Lipinski definition) is 3. The largest absolute Gasteiger partial charge is 0.407 e. The van der Waals surface area contributed by atoms with Gasteiger partial charge in [0, 0.05) is 24.6 Å². The number of ether oxygens (including phenoxy) is 1. The molecule has 0 amide bonds. The van der Waals surface area contributed by atoms with Crippen molar-refractivity contribution in [1.29, 1.82) is 0 Å². The molecule has 0 spiro atoms. The van der Waals surface area contributed by atoms with Crippen LogP contribution in [0.1, 0.15) is 29.3 Å². The predicted octanol–water partition coefficient (Wildman–Crippen LogP) is 5.13. The zero-order valence-corrected chi connectivity index (χ0v) is 16.3. The quantitative estimate of drug-likeness (QED) is 0.468. The first kappa shape index (κ1) is 18.0. The van der Waals surface area contributed by atoms with E-state index in [0.717, 1.165) is 28.9 Å². The molecule has 4 heteroatoms. The number of rotatable bonds is 4. The second kappa shape index (κ2) is 7.31. The van der Waals surface area contributed by atoms with E-state index in [-0.39, 0.29) is 5.97 Å². The SMILES string of the molecule is CC(=O)Oc1c(-c2ccc(C)cc2)nc2ccc(C)c(Cc3ccccc3)n12. The van der Waals surface area contributed by atoms with Crippen LogP contribution in [0.15, 0.2) is 66.7 Å². The first-order valence-electron chi connectivity index (χ1n) is 9.33. The molecule has 0 unspecified atom stereocenters. The number of imidazole rings is 1. The van der Waals surface area contributed by atoms with Gasteiger partial charge < -0.3 is 4.74 Å². The molecule has 0 bridgehead atoms. The van der Waals surface area contributed by atoms with Gasteiger partial charge in [-0.1, -0.05) is 66.2 Å². The highest BCUT2D eigenvalue weighted by Crippen LogP contribution is 2.33. The van der Waals surface area contributed by atoms with Crippen molar-refractivity contribution in [1.82, 2.24) is 9.38 Å². The van der Waals surface area contributed by atoms with Gasteiger partial charge in [-0.25, -0.2) is 4.98 Å². The molecular weight excluding hydrogens is 348 g/mol. The van der Waals surface area contributed by atoms with E-state index >= 15 is 0 Å². The van der Waals surface area contributed by atoms with Crippen LogP contribution in [0, 0.1) is 13.8 Å². The first-order valence-corrected chi connectivity index (χ1v) is 9.33. The Labute approximate surface area is 164 Å². The number of carbonyl (C=O) groups excluding carboxylic acids is 1. The lowest BCUT2D eigenvalue weighted by Gasteiger charge is -2.12. The van der Waals surface area contributed by atoms with E-state index in [1.165, 1.54) is 18.1 Å². The van der Waals surface area contributed by atoms with Crippen LogP contribution in [0.4, 0.5) is 0 Å². The lowest BCUT2D eigenvalue weighted by molar-refractivity contribution is -0.132. The third-order valence-electron chi connectivity index (χ3n) is 4.85. The van der Waals surface area contributed by atoms with Gasteiger partial charge in [0.15, 0.2) is 0 Å². The van der Waals surface area contributed by atoms with Crippen molar-refractivity contribution in [2.45, 2.75) is 27.2 Å². The van der Waals surface area contributed by atoms with Gasteiger partial charge >= 0.3 is 5.97 Å². The summed E-state index contributed by atoms with van der Waals surface area (Å²) in [7, 11) is 0. The molecular formula is C24H22N2O2. The van der Waals surface area contributed by atoms with Gasteiger partial charge in [-0.05, 0) is 31.0 Å². The van der Waals surface area contributed by atoms with E-state index in [2.05, 4.69) is 25.1 Å². The van der Waals surface area contributed by atoms with Gasteiger partial charge in [-0.15, -0.1) is 0 Å². The van der Waals surface area contributed by atoms with Gasteiger partial charge in [-0.2, -0.15) is 0 Å². The molecule has 4 aromatic rings. The highest BCUT2D eigenvalue weighted by molar-refractivity contribution is 5.76. The maximum Gasteiger partial charge on any atom is 0.309 e. The van der Waals surface area contributed by atoms with E-state index < -0.39 is 0 Å². The second-order valence-electron chi connectivity index (χ2n) is 7.04. The fourth-order valence-corrected chi connectivity index (χ4v) is 3.40. The molecule has 0 aliphatic carbocycles. The van der Waals surface area contributed by atoms with Crippen LogP contribution in [-0.4, -0.2) is 15.4 Å². The molecule has 2 aromatic heterocycles. The Kier molecular flexibility index (Phi) is 4.70.